The van der Waals surface area contributed by atoms with Crippen LogP contribution in [0.15, 0.2) is 23.1 Å². The molecule has 1 aromatic carbocycles. The number of sulfonamides is 1. The molecule has 118 valence electrons. The summed E-state index contributed by atoms with van der Waals surface area (Å²) in [5.41, 5.74) is -0.0871. The van der Waals surface area contributed by atoms with Gasteiger partial charge in [0.1, 0.15) is 11.0 Å². The number of benzene rings is 1. The quantitative estimate of drug-likeness (QED) is 0.871. The van der Waals surface area contributed by atoms with Gasteiger partial charge >= 0.3 is 5.97 Å². The Labute approximate surface area is 133 Å². The van der Waals surface area contributed by atoms with Crippen LogP contribution < -0.4 is 4.72 Å². The smallest absolute Gasteiger partial charge is 0.306 e. The highest BCUT2D eigenvalue weighted by molar-refractivity contribution is 7.89. The molecule has 1 aliphatic carbocycles. The molecule has 0 saturated heterocycles. The molecule has 1 aliphatic rings. The van der Waals surface area contributed by atoms with Crippen molar-refractivity contribution in [2.24, 2.45) is 5.92 Å². The number of hydrogen-bond acceptors (Lipinski definition) is 4. The molecule has 2 N–H and O–H groups in total. The first-order chi connectivity index (χ1) is 10.3. The average molecular weight is 343 g/mol. The number of nitrogens with one attached hydrogen (secondary N) is 1. The van der Waals surface area contributed by atoms with Gasteiger partial charge in [-0.15, -0.1) is 0 Å². The van der Waals surface area contributed by atoms with Crippen LogP contribution in [0.4, 0.5) is 0 Å². The molecule has 0 amide bonds. The zero-order chi connectivity index (χ0) is 16.3. The summed E-state index contributed by atoms with van der Waals surface area (Å²) >= 11 is 5.85. The van der Waals surface area contributed by atoms with Crippen LogP contribution in [0, 0.1) is 17.2 Å². The summed E-state index contributed by atoms with van der Waals surface area (Å²) in [6.07, 6.45) is 1.78. The molecule has 1 aromatic rings. The molecule has 8 heteroatoms. The van der Waals surface area contributed by atoms with Crippen LogP contribution in [0.5, 0.6) is 0 Å². The van der Waals surface area contributed by atoms with Gasteiger partial charge in [-0.25, -0.2) is 13.1 Å². The van der Waals surface area contributed by atoms with Crippen LogP contribution in [-0.4, -0.2) is 25.5 Å². The van der Waals surface area contributed by atoms with Crippen LogP contribution >= 0.6 is 11.6 Å². The van der Waals surface area contributed by atoms with E-state index in [0.29, 0.717) is 25.7 Å². The van der Waals surface area contributed by atoms with Crippen molar-refractivity contribution in [1.82, 2.24) is 4.72 Å². The van der Waals surface area contributed by atoms with E-state index in [1.807, 2.05) is 0 Å². The van der Waals surface area contributed by atoms with E-state index in [1.54, 1.807) is 6.07 Å². The molecule has 2 rings (SSSR count). The van der Waals surface area contributed by atoms with Crippen molar-refractivity contribution in [3.63, 3.8) is 0 Å². The molecule has 0 radical (unpaired) electrons. The maximum atomic E-state index is 12.4. The fourth-order valence-corrected chi connectivity index (χ4v) is 4.33. The molecular formula is C14H15ClN2O4S. The summed E-state index contributed by atoms with van der Waals surface area (Å²) < 4.78 is 27.4. The van der Waals surface area contributed by atoms with Crippen LogP contribution in [0.25, 0.3) is 0 Å². The van der Waals surface area contributed by atoms with Gasteiger partial charge < -0.3 is 5.11 Å². The Morgan fingerprint density at radius 1 is 1.32 bits per heavy atom. The Kier molecular flexibility index (Phi) is 5.06. The molecule has 0 unspecified atom stereocenters. The van der Waals surface area contributed by atoms with Crippen LogP contribution in [0.2, 0.25) is 5.02 Å². The lowest BCUT2D eigenvalue weighted by atomic mass is 9.87. The largest absolute Gasteiger partial charge is 0.481 e. The molecule has 1 saturated carbocycles. The minimum absolute atomic E-state index is 0.0833. The van der Waals surface area contributed by atoms with Crippen molar-refractivity contribution in [2.75, 3.05) is 0 Å². The van der Waals surface area contributed by atoms with Gasteiger partial charge in [0.25, 0.3) is 0 Å². The highest BCUT2D eigenvalue weighted by Gasteiger charge is 2.30. The minimum atomic E-state index is -3.87. The van der Waals surface area contributed by atoms with E-state index in [2.05, 4.69) is 4.72 Å². The van der Waals surface area contributed by atoms with E-state index >= 15 is 0 Å². The van der Waals surface area contributed by atoms with E-state index < -0.39 is 21.9 Å². The summed E-state index contributed by atoms with van der Waals surface area (Å²) in [5.74, 6) is -1.26. The fourth-order valence-electron chi connectivity index (χ4n) is 2.58. The minimum Gasteiger partial charge on any atom is -0.481 e. The standard InChI is InChI=1S/C14H15ClN2O4S/c15-12-2-1-3-13(11(12)8-16)22(20,21)17-10-6-4-9(5-7-10)14(18)19/h1-3,9-10,17H,4-7H2,(H,18,19). The Morgan fingerprint density at radius 3 is 2.50 bits per heavy atom. The van der Waals surface area contributed by atoms with Gasteiger partial charge in [-0.1, -0.05) is 17.7 Å². The Bertz CT molecular complexity index is 719. The number of carboxylic acid groups (broad SMARTS) is 1. The molecule has 6 nitrogen and oxygen atoms in total. The van der Waals surface area contributed by atoms with E-state index in [9.17, 15) is 13.2 Å². The highest BCUT2D eigenvalue weighted by Crippen LogP contribution is 2.27. The van der Waals surface area contributed by atoms with Crippen molar-refractivity contribution >= 4 is 27.6 Å². The molecule has 22 heavy (non-hydrogen) atoms. The molecule has 0 heterocycles. The van der Waals surface area contributed by atoms with Gasteiger partial charge in [0.15, 0.2) is 0 Å². The van der Waals surface area contributed by atoms with Crippen LogP contribution in [0.1, 0.15) is 31.2 Å². The molecule has 0 bridgehead atoms. The summed E-state index contributed by atoms with van der Waals surface area (Å²) in [7, 11) is -3.87. The molecule has 0 atom stereocenters. The second-order valence-corrected chi connectivity index (χ2v) is 7.32. The lowest BCUT2D eigenvalue weighted by Gasteiger charge is -2.26. The number of rotatable bonds is 4. The second kappa shape index (κ2) is 6.65. The number of carboxylic acids is 1. The summed E-state index contributed by atoms with van der Waals surface area (Å²) in [6.45, 7) is 0. The van der Waals surface area contributed by atoms with Gasteiger partial charge in [0, 0.05) is 6.04 Å². The SMILES string of the molecule is N#Cc1c(Cl)cccc1S(=O)(=O)NC1CCC(C(=O)O)CC1. The van der Waals surface area contributed by atoms with Crippen LogP contribution in [-0.2, 0) is 14.8 Å². The molecular weight excluding hydrogens is 328 g/mol. The van der Waals surface area contributed by atoms with Crippen molar-refractivity contribution in [3.8, 4) is 6.07 Å². The van der Waals surface area contributed by atoms with E-state index in [-0.39, 0.29) is 21.5 Å². The van der Waals surface area contributed by atoms with Crippen molar-refractivity contribution in [3.05, 3.63) is 28.8 Å². The molecule has 0 aromatic heterocycles. The Hall–Kier alpha value is -1.62. The first kappa shape index (κ1) is 16.7. The average Bonchev–Trinajstić information content (AvgIpc) is 2.47. The van der Waals surface area contributed by atoms with Gasteiger partial charge in [-0.2, -0.15) is 5.26 Å². The summed E-state index contributed by atoms with van der Waals surface area (Å²) in [5, 5.41) is 18.1. The first-order valence-electron chi connectivity index (χ1n) is 6.79. The predicted octanol–water partition coefficient (Wildman–Crippen LogP) is 2.13. The first-order valence-corrected chi connectivity index (χ1v) is 8.65. The van der Waals surface area contributed by atoms with Crippen LogP contribution in [0.3, 0.4) is 0 Å². The van der Waals surface area contributed by atoms with E-state index in [1.165, 1.54) is 18.2 Å². The van der Waals surface area contributed by atoms with Gasteiger partial charge in [-0.05, 0) is 37.8 Å². The molecule has 1 fully saturated rings. The van der Waals surface area contributed by atoms with Crippen molar-refractivity contribution in [1.29, 1.82) is 5.26 Å². The maximum Gasteiger partial charge on any atom is 0.306 e. The van der Waals surface area contributed by atoms with E-state index in [0.717, 1.165) is 0 Å². The second-order valence-electron chi connectivity index (χ2n) is 5.23. The van der Waals surface area contributed by atoms with E-state index in [4.69, 9.17) is 22.0 Å². The van der Waals surface area contributed by atoms with Gasteiger partial charge in [0.05, 0.1) is 16.5 Å². The van der Waals surface area contributed by atoms with Gasteiger partial charge in [0.2, 0.25) is 10.0 Å². The van der Waals surface area contributed by atoms with Crippen molar-refractivity contribution in [2.45, 2.75) is 36.6 Å². The predicted molar refractivity (Wildman–Crippen MR) is 79.9 cm³/mol. The number of aliphatic carboxylic acids is 1. The Balaban J connectivity index is 2.15. The third-order valence-electron chi connectivity index (χ3n) is 3.77. The Morgan fingerprint density at radius 2 is 1.95 bits per heavy atom. The molecule has 0 aliphatic heterocycles. The zero-order valence-corrected chi connectivity index (χ0v) is 13.2. The summed E-state index contributed by atoms with van der Waals surface area (Å²) in [6, 6.07) is 5.73. The van der Waals surface area contributed by atoms with Gasteiger partial charge in [-0.3, -0.25) is 4.79 Å². The number of nitrogens with zero attached hydrogens (tertiary/aromatic N) is 1. The normalized spacial score (nSPS) is 22.0. The maximum absolute atomic E-state index is 12.4. The summed E-state index contributed by atoms with van der Waals surface area (Å²) in [4.78, 5) is 10.7. The lowest BCUT2D eigenvalue weighted by molar-refractivity contribution is -0.142. The third kappa shape index (κ3) is 3.58. The topological polar surface area (TPSA) is 107 Å². The van der Waals surface area contributed by atoms with Crippen molar-refractivity contribution < 1.29 is 18.3 Å². The number of nitriles is 1. The zero-order valence-electron chi connectivity index (χ0n) is 11.6. The fraction of sp³-hybridized carbons (Fsp3) is 0.429. The number of carbonyl (C=O) groups is 1. The number of halogens is 1. The third-order valence-corrected chi connectivity index (χ3v) is 5.65. The molecule has 0 spiro atoms. The monoisotopic (exact) mass is 342 g/mol. The highest BCUT2D eigenvalue weighted by atomic mass is 35.5. The lowest BCUT2D eigenvalue weighted by Crippen LogP contribution is -2.38. The number of hydrogen-bond donors (Lipinski definition) is 2.